The predicted octanol–water partition coefficient (Wildman–Crippen LogP) is 3.67. The highest BCUT2D eigenvalue weighted by atomic mass is 32.1. The van der Waals surface area contributed by atoms with Crippen LogP contribution in [0.1, 0.15) is 31.0 Å². The quantitative estimate of drug-likeness (QED) is 0.382. The number of thiazole rings is 1. The van der Waals surface area contributed by atoms with Crippen molar-refractivity contribution >= 4 is 34.2 Å². The zero-order valence-electron chi connectivity index (χ0n) is 21.3. The van der Waals surface area contributed by atoms with Gasteiger partial charge in [-0.25, -0.2) is 9.79 Å². The molecule has 1 aliphatic heterocycles. The van der Waals surface area contributed by atoms with Gasteiger partial charge in [0.25, 0.3) is 5.56 Å². The van der Waals surface area contributed by atoms with E-state index in [9.17, 15) is 14.7 Å². The fourth-order valence-electron chi connectivity index (χ4n) is 4.73. The molecule has 0 saturated heterocycles. The maximum Gasteiger partial charge on any atom is 0.338 e. The Balaban J connectivity index is 1.80. The number of benzene rings is 3. The Hall–Kier alpha value is -4.37. The van der Waals surface area contributed by atoms with Crippen LogP contribution in [0.15, 0.2) is 75.7 Å². The molecule has 9 heteroatoms. The summed E-state index contributed by atoms with van der Waals surface area (Å²) in [5.41, 5.74) is 1.95. The molecule has 1 N–H and O–H groups in total. The minimum atomic E-state index is -0.752. The van der Waals surface area contributed by atoms with Gasteiger partial charge in [0.15, 0.2) is 16.3 Å². The van der Waals surface area contributed by atoms with E-state index in [4.69, 9.17) is 14.2 Å². The second kappa shape index (κ2) is 10.2. The lowest BCUT2D eigenvalue weighted by Gasteiger charge is -2.26. The van der Waals surface area contributed by atoms with Gasteiger partial charge in [-0.2, -0.15) is 0 Å². The average Bonchev–Trinajstić information content (AvgIpc) is 3.22. The van der Waals surface area contributed by atoms with Crippen LogP contribution >= 0.6 is 11.3 Å². The number of esters is 1. The molecule has 0 amide bonds. The van der Waals surface area contributed by atoms with E-state index in [0.717, 1.165) is 16.3 Å². The van der Waals surface area contributed by atoms with E-state index in [0.29, 0.717) is 37.7 Å². The summed E-state index contributed by atoms with van der Waals surface area (Å²) in [6.07, 6.45) is 1.72. The molecule has 0 aliphatic carbocycles. The smallest absolute Gasteiger partial charge is 0.338 e. The van der Waals surface area contributed by atoms with E-state index in [2.05, 4.69) is 4.99 Å². The average molecular weight is 531 g/mol. The molecular weight excluding hydrogens is 504 g/mol. The van der Waals surface area contributed by atoms with E-state index in [-0.39, 0.29) is 17.9 Å². The first-order valence-electron chi connectivity index (χ1n) is 12.0. The first-order valence-corrected chi connectivity index (χ1v) is 12.8. The number of rotatable bonds is 6. The highest BCUT2D eigenvalue weighted by molar-refractivity contribution is 7.07. The van der Waals surface area contributed by atoms with Crippen LogP contribution in [0.4, 0.5) is 0 Å². The molecule has 0 bridgehead atoms. The molecule has 1 aromatic heterocycles. The van der Waals surface area contributed by atoms with Crippen molar-refractivity contribution in [2.24, 2.45) is 4.99 Å². The van der Waals surface area contributed by atoms with Gasteiger partial charge >= 0.3 is 5.97 Å². The topological polar surface area (TPSA) is 99.4 Å². The van der Waals surface area contributed by atoms with Crippen molar-refractivity contribution in [1.82, 2.24) is 4.57 Å². The van der Waals surface area contributed by atoms with Gasteiger partial charge in [0.2, 0.25) is 0 Å². The lowest BCUT2D eigenvalue weighted by Crippen LogP contribution is -2.40. The van der Waals surface area contributed by atoms with Crippen molar-refractivity contribution < 1.29 is 24.1 Å². The van der Waals surface area contributed by atoms with Crippen LogP contribution in [-0.4, -0.2) is 36.5 Å². The van der Waals surface area contributed by atoms with Gasteiger partial charge in [0.05, 0.1) is 42.7 Å². The van der Waals surface area contributed by atoms with Crippen LogP contribution in [0.3, 0.4) is 0 Å². The molecule has 3 aromatic carbocycles. The number of ether oxygens (including phenoxy) is 3. The van der Waals surface area contributed by atoms with Crippen molar-refractivity contribution in [2.75, 3.05) is 20.8 Å². The Morgan fingerprint density at radius 1 is 1.08 bits per heavy atom. The number of carbonyl (C=O) groups excluding carboxylic acids is 1. The number of hydrogen-bond acceptors (Lipinski definition) is 8. The zero-order valence-corrected chi connectivity index (χ0v) is 22.2. The Kier molecular flexibility index (Phi) is 6.77. The molecule has 8 nitrogen and oxygen atoms in total. The molecule has 0 fully saturated rings. The summed E-state index contributed by atoms with van der Waals surface area (Å²) in [4.78, 5) is 32.3. The Bertz CT molecular complexity index is 1780. The molecule has 1 atom stereocenters. The van der Waals surface area contributed by atoms with Gasteiger partial charge in [-0.1, -0.05) is 47.7 Å². The fraction of sp³-hybridized carbons (Fsp3) is 0.207. The van der Waals surface area contributed by atoms with E-state index in [1.165, 1.54) is 24.5 Å². The monoisotopic (exact) mass is 530 g/mol. The SMILES string of the molecule is CCOC(=O)C1=C(C)N=c2sc(=Cc3ccc(O)c(OC)c3)c(=O)n2C1c1ccc(OC)c2ccccc12. The largest absolute Gasteiger partial charge is 0.504 e. The number of aromatic hydroxyl groups is 1. The molecule has 194 valence electrons. The Morgan fingerprint density at radius 3 is 2.53 bits per heavy atom. The van der Waals surface area contributed by atoms with Crippen LogP contribution in [0.25, 0.3) is 16.8 Å². The molecule has 38 heavy (non-hydrogen) atoms. The van der Waals surface area contributed by atoms with Crippen molar-refractivity contribution in [3.63, 3.8) is 0 Å². The molecular formula is C29H26N2O6S. The number of methoxy groups -OCH3 is 2. The van der Waals surface area contributed by atoms with Crippen LogP contribution in [0.5, 0.6) is 17.2 Å². The fourth-order valence-corrected chi connectivity index (χ4v) is 5.78. The summed E-state index contributed by atoms with van der Waals surface area (Å²) in [5, 5.41) is 11.7. The Morgan fingerprint density at radius 2 is 1.82 bits per heavy atom. The van der Waals surface area contributed by atoms with E-state index in [1.807, 2.05) is 36.4 Å². The lowest BCUT2D eigenvalue weighted by molar-refractivity contribution is -0.139. The third-order valence-electron chi connectivity index (χ3n) is 6.45. The maximum absolute atomic E-state index is 13.9. The first-order chi connectivity index (χ1) is 18.4. The van der Waals surface area contributed by atoms with Gasteiger partial charge in [0, 0.05) is 5.39 Å². The number of nitrogens with zero attached hydrogens (tertiary/aromatic N) is 2. The third kappa shape index (κ3) is 4.24. The predicted molar refractivity (Wildman–Crippen MR) is 146 cm³/mol. The summed E-state index contributed by atoms with van der Waals surface area (Å²) < 4.78 is 18.2. The number of allylic oxidation sites excluding steroid dienone is 1. The number of fused-ring (bicyclic) bond motifs is 2. The minimum absolute atomic E-state index is 0.00666. The summed E-state index contributed by atoms with van der Waals surface area (Å²) >= 11 is 1.23. The summed E-state index contributed by atoms with van der Waals surface area (Å²) in [6.45, 7) is 3.69. The second-order valence-electron chi connectivity index (χ2n) is 8.64. The lowest BCUT2D eigenvalue weighted by atomic mass is 9.91. The van der Waals surface area contributed by atoms with E-state index in [1.54, 1.807) is 43.7 Å². The summed E-state index contributed by atoms with van der Waals surface area (Å²) in [7, 11) is 3.07. The number of phenolic OH excluding ortho intramolecular Hbond substituents is 1. The highest BCUT2D eigenvalue weighted by Gasteiger charge is 2.34. The molecule has 0 saturated carbocycles. The van der Waals surface area contributed by atoms with Gasteiger partial charge in [0.1, 0.15) is 5.75 Å². The third-order valence-corrected chi connectivity index (χ3v) is 7.43. The maximum atomic E-state index is 13.9. The molecule has 2 heterocycles. The van der Waals surface area contributed by atoms with Crippen molar-refractivity contribution in [3.8, 4) is 17.2 Å². The Labute approximate surface area is 222 Å². The van der Waals surface area contributed by atoms with Gasteiger partial charge in [-0.15, -0.1) is 0 Å². The highest BCUT2D eigenvalue weighted by Crippen LogP contribution is 2.38. The summed E-state index contributed by atoms with van der Waals surface area (Å²) in [6, 6.07) is 15.5. The minimum Gasteiger partial charge on any atom is -0.504 e. The molecule has 1 unspecified atom stereocenters. The molecule has 1 aliphatic rings. The van der Waals surface area contributed by atoms with Crippen LogP contribution in [0.2, 0.25) is 0 Å². The molecule has 0 radical (unpaired) electrons. The van der Waals surface area contributed by atoms with Crippen molar-refractivity contribution in [3.05, 3.63) is 96.7 Å². The van der Waals surface area contributed by atoms with Gasteiger partial charge in [-0.05, 0) is 54.6 Å². The van der Waals surface area contributed by atoms with Crippen molar-refractivity contribution in [1.29, 1.82) is 0 Å². The van der Waals surface area contributed by atoms with Crippen LogP contribution in [0, 0.1) is 0 Å². The number of phenols is 1. The van der Waals surface area contributed by atoms with Crippen LogP contribution in [-0.2, 0) is 9.53 Å². The molecule has 0 spiro atoms. The summed E-state index contributed by atoms with van der Waals surface area (Å²) in [5.74, 6) is 0.481. The standard InChI is InChI=1S/C29H26N2O6S/c1-5-37-28(34)25-16(2)30-29-31(26(25)20-11-13-22(35-3)19-9-7-6-8-18(19)20)27(33)24(38-29)15-17-10-12-21(32)23(14-17)36-4/h6-15,26,32H,5H2,1-4H3. The second-order valence-corrected chi connectivity index (χ2v) is 9.65. The first kappa shape index (κ1) is 25.3. The van der Waals surface area contributed by atoms with E-state index < -0.39 is 12.0 Å². The molecule has 5 rings (SSSR count). The number of aromatic nitrogens is 1. The number of carbonyl (C=O) groups is 1. The van der Waals surface area contributed by atoms with Gasteiger partial charge < -0.3 is 19.3 Å². The number of hydrogen-bond donors (Lipinski definition) is 1. The normalized spacial score (nSPS) is 15.3. The van der Waals surface area contributed by atoms with Crippen molar-refractivity contribution in [2.45, 2.75) is 19.9 Å². The van der Waals surface area contributed by atoms with E-state index >= 15 is 0 Å². The zero-order chi connectivity index (χ0) is 27.0. The van der Waals surface area contributed by atoms with Crippen LogP contribution < -0.4 is 24.4 Å². The van der Waals surface area contributed by atoms with Gasteiger partial charge in [-0.3, -0.25) is 9.36 Å². The molecule has 4 aromatic rings.